The summed E-state index contributed by atoms with van der Waals surface area (Å²) in [7, 11) is 0. The normalized spacial score (nSPS) is 20.2. The Hall–Kier alpha value is -5.96. The number of allylic oxidation sites excluding steroid dienone is 2. The predicted octanol–water partition coefficient (Wildman–Crippen LogP) is 14.8. The Morgan fingerprint density at radius 1 is 0.509 bits per heavy atom. The lowest BCUT2D eigenvalue weighted by Crippen LogP contribution is -2.39. The first kappa shape index (κ1) is 33.2. The summed E-state index contributed by atoms with van der Waals surface area (Å²) < 4.78 is 2.77. The van der Waals surface area contributed by atoms with Crippen LogP contribution in [0.15, 0.2) is 164 Å². The van der Waals surface area contributed by atoms with Crippen LogP contribution in [0.2, 0.25) is 0 Å². The van der Waals surface area contributed by atoms with Gasteiger partial charge in [0.1, 0.15) is 0 Å². The Kier molecular flexibility index (Phi) is 6.60. The molecule has 0 saturated heterocycles. The third-order valence-electron chi connectivity index (χ3n) is 14.1. The molecule has 0 radical (unpaired) electrons. The van der Waals surface area contributed by atoms with E-state index in [1.54, 1.807) is 0 Å². The molecule has 2 unspecified atom stereocenters. The minimum Gasteiger partial charge on any atom is -0.333 e. The molecule has 0 N–H and O–H groups in total. The number of fused-ring (bicyclic) bond motifs is 13. The molecule has 3 aliphatic carbocycles. The van der Waals surface area contributed by atoms with Crippen molar-refractivity contribution >= 4 is 48.5 Å². The lowest BCUT2D eigenvalue weighted by molar-refractivity contribution is 0.553. The quantitative estimate of drug-likeness (QED) is 0.174. The zero-order valence-electron chi connectivity index (χ0n) is 33.0. The molecule has 274 valence electrons. The van der Waals surface area contributed by atoms with Crippen LogP contribution in [0.25, 0.3) is 59.1 Å². The maximum atomic E-state index is 2.58. The highest BCUT2D eigenvalue weighted by molar-refractivity contribution is 7.26. The van der Waals surface area contributed by atoms with Crippen molar-refractivity contribution in [3.63, 3.8) is 0 Å². The van der Waals surface area contributed by atoms with Crippen LogP contribution < -0.4 is 4.90 Å². The second-order valence-electron chi connectivity index (χ2n) is 17.9. The van der Waals surface area contributed by atoms with Crippen molar-refractivity contribution in [2.45, 2.75) is 56.9 Å². The van der Waals surface area contributed by atoms with Crippen molar-refractivity contribution in [3.8, 4) is 33.4 Å². The molecule has 4 aliphatic rings. The average molecular weight is 750 g/mol. The lowest BCUT2D eigenvalue weighted by atomic mass is 9.72. The summed E-state index contributed by atoms with van der Waals surface area (Å²) in [5.41, 5.74) is 19.8. The molecule has 2 heterocycles. The molecule has 57 heavy (non-hydrogen) atoms. The van der Waals surface area contributed by atoms with E-state index in [9.17, 15) is 0 Å². The Bertz CT molecular complexity index is 3100. The number of hydrogen-bond acceptors (Lipinski definition) is 2. The first-order chi connectivity index (χ1) is 27.6. The maximum absolute atomic E-state index is 2.58. The lowest BCUT2D eigenvalue weighted by Gasteiger charge is -2.36. The van der Waals surface area contributed by atoms with E-state index < -0.39 is 0 Å². The molecule has 0 spiro atoms. The molecule has 8 aromatic rings. The van der Waals surface area contributed by atoms with Gasteiger partial charge in [0.05, 0.1) is 6.04 Å². The molecule has 2 heteroatoms. The van der Waals surface area contributed by atoms with Gasteiger partial charge in [0, 0.05) is 53.4 Å². The topological polar surface area (TPSA) is 3.24 Å². The molecular formula is C55H43NS. The third-order valence-corrected chi connectivity index (χ3v) is 15.3. The smallest absolute Gasteiger partial charge is 0.0655 e. The van der Waals surface area contributed by atoms with Gasteiger partial charge in [0.25, 0.3) is 0 Å². The largest absolute Gasteiger partial charge is 0.333 e. The fourth-order valence-electron chi connectivity index (χ4n) is 11.1. The van der Waals surface area contributed by atoms with Crippen LogP contribution in [0.3, 0.4) is 0 Å². The Balaban J connectivity index is 1.00. The van der Waals surface area contributed by atoms with Gasteiger partial charge in [-0.1, -0.05) is 149 Å². The second kappa shape index (κ2) is 11.3. The van der Waals surface area contributed by atoms with Crippen molar-refractivity contribution in [2.75, 3.05) is 4.90 Å². The summed E-state index contributed by atoms with van der Waals surface area (Å²) >= 11 is 1.94. The Morgan fingerprint density at radius 2 is 1.18 bits per heavy atom. The summed E-state index contributed by atoms with van der Waals surface area (Å²) in [6, 6.07) is 55.3. The first-order valence-corrected chi connectivity index (χ1v) is 21.2. The van der Waals surface area contributed by atoms with Gasteiger partial charge in [-0.3, -0.25) is 0 Å². The van der Waals surface area contributed by atoms with E-state index >= 15 is 0 Å². The SMILES string of the molecule is CC1(C)c2ccccc2-c2ccc(-c3ccc4c(c3)C3(C)C=C(c5ccc6c(c5)-c5c(ccc7c5sc5ccccc57)C6(C)C)C=CC3N4c3ccccc3)cc21. The van der Waals surface area contributed by atoms with Crippen LogP contribution in [0, 0.1) is 0 Å². The van der Waals surface area contributed by atoms with Gasteiger partial charge in [-0.2, -0.15) is 0 Å². The van der Waals surface area contributed by atoms with Gasteiger partial charge >= 0.3 is 0 Å². The zero-order chi connectivity index (χ0) is 38.4. The minimum absolute atomic E-state index is 0.0417. The predicted molar refractivity (Wildman–Crippen MR) is 243 cm³/mol. The molecular weight excluding hydrogens is 707 g/mol. The first-order valence-electron chi connectivity index (χ1n) is 20.4. The summed E-state index contributed by atoms with van der Waals surface area (Å²) in [6.45, 7) is 12.0. The van der Waals surface area contributed by atoms with E-state index in [1.165, 1.54) is 104 Å². The number of hydrogen-bond donors (Lipinski definition) is 0. The number of anilines is 2. The van der Waals surface area contributed by atoms with Crippen molar-refractivity contribution in [1.29, 1.82) is 0 Å². The number of para-hydroxylation sites is 1. The van der Waals surface area contributed by atoms with Crippen LogP contribution in [0.1, 0.15) is 68.0 Å². The van der Waals surface area contributed by atoms with Gasteiger partial charge in [0.2, 0.25) is 0 Å². The fourth-order valence-corrected chi connectivity index (χ4v) is 12.4. The van der Waals surface area contributed by atoms with Crippen LogP contribution in [-0.4, -0.2) is 6.04 Å². The number of nitrogens with zero attached hydrogens (tertiary/aromatic N) is 1. The van der Waals surface area contributed by atoms with E-state index in [0.29, 0.717) is 0 Å². The minimum atomic E-state index is -0.258. The molecule has 1 aliphatic heterocycles. The number of benzene rings is 7. The third kappa shape index (κ3) is 4.40. The molecule has 0 fully saturated rings. The van der Waals surface area contributed by atoms with E-state index in [-0.39, 0.29) is 22.3 Å². The highest BCUT2D eigenvalue weighted by Gasteiger charge is 2.48. The molecule has 12 rings (SSSR count). The van der Waals surface area contributed by atoms with Gasteiger partial charge in [-0.15, -0.1) is 11.3 Å². The van der Waals surface area contributed by atoms with Crippen LogP contribution >= 0.6 is 11.3 Å². The molecule has 0 amide bonds. The summed E-state index contributed by atoms with van der Waals surface area (Å²) in [4.78, 5) is 2.56. The number of thiophene rings is 1. The van der Waals surface area contributed by atoms with E-state index in [0.717, 1.165) is 0 Å². The molecule has 0 saturated carbocycles. The second-order valence-corrected chi connectivity index (χ2v) is 19.0. The van der Waals surface area contributed by atoms with Gasteiger partial charge in [-0.05, 0) is 116 Å². The van der Waals surface area contributed by atoms with Crippen LogP contribution in [-0.2, 0) is 16.2 Å². The van der Waals surface area contributed by atoms with Crippen molar-refractivity contribution in [1.82, 2.24) is 0 Å². The molecule has 1 aromatic heterocycles. The van der Waals surface area contributed by atoms with Gasteiger partial charge in [-0.25, -0.2) is 0 Å². The van der Waals surface area contributed by atoms with Crippen molar-refractivity contribution < 1.29 is 0 Å². The van der Waals surface area contributed by atoms with Gasteiger partial charge in [0.15, 0.2) is 0 Å². The molecule has 2 atom stereocenters. The summed E-state index contributed by atoms with van der Waals surface area (Å²) in [5.74, 6) is 0. The fraction of sp³-hybridized carbons (Fsp3) is 0.164. The standard InChI is InChI=1S/C55H43NS/c1-53(2)44-25-20-33(29-42(44)51-45(53)26-24-41-40-16-10-12-18-49(40)57-52(41)51)36-22-28-50-55(5,32-36)47-31-35(21-27-48(47)56(50)37-13-7-6-8-14-37)34-19-23-39-38-15-9-11-17-43(38)54(3,4)46(39)30-34/h6-32,50H,1-5H3. The van der Waals surface area contributed by atoms with Crippen molar-refractivity contribution in [3.05, 3.63) is 197 Å². The molecule has 7 aromatic carbocycles. The van der Waals surface area contributed by atoms with Gasteiger partial charge < -0.3 is 4.90 Å². The highest BCUT2D eigenvalue weighted by atomic mass is 32.1. The average Bonchev–Trinajstić information content (AvgIpc) is 3.89. The van der Waals surface area contributed by atoms with Crippen LogP contribution in [0.5, 0.6) is 0 Å². The van der Waals surface area contributed by atoms with E-state index in [1.807, 2.05) is 11.3 Å². The zero-order valence-corrected chi connectivity index (χ0v) is 33.8. The Morgan fingerprint density at radius 3 is 2.04 bits per heavy atom. The number of rotatable bonds is 3. The molecule has 1 nitrogen and oxygen atoms in total. The molecule has 0 bridgehead atoms. The maximum Gasteiger partial charge on any atom is 0.0655 e. The monoisotopic (exact) mass is 749 g/mol. The summed E-state index contributed by atoms with van der Waals surface area (Å²) in [5, 5.41) is 2.72. The van der Waals surface area contributed by atoms with E-state index in [4.69, 9.17) is 0 Å². The van der Waals surface area contributed by atoms with E-state index in [2.05, 4.69) is 203 Å². The van der Waals surface area contributed by atoms with Crippen molar-refractivity contribution in [2.24, 2.45) is 0 Å². The summed E-state index contributed by atoms with van der Waals surface area (Å²) in [6.07, 6.45) is 7.43. The van der Waals surface area contributed by atoms with Crippen LogP contribution in [0.4, 0.5) is 11.4 Å². The Labute approximate surface area is 339 Å². The highest BCUT2D eigenvalue weighted by Crippen LogP contribution is 2.57.